The summed E-state index contributed by atoms with van der Waals surface area (Å²) in [5, 5.41) is 33.1. The van der Waals surface area contributed by atoms with E-state index in [1.54, 1.807) is 18.2 Å². The number of rotatable bonds is 17. The van der Waals surface area contributed by atoms with Gasteiger partial charge in [0.05, 0.1) is 31.9 Å². The van der Waals surface area contributed by atoms with Gasteiger partial charge in [0.1, 0.15) is 34.5 Å². The van der Waals surface area contributed by atoms with Crippen molar-refractivity contribution in [3.63, 3.8) is 0 Å². The molecule has 0 saturated carbocycles. The fourth-order valence-corrected chi connectivity index (χ4v) is 8.85. The third-order valence-electron chi connectivity index (χ3n) is 12.2. The number of carbonyl (C=O) groups is 2. The van der Waals surface area contributed by atoms with Gasteiger partial charge in [-0.05, 0) is 99.8 Å². The molecule has 0 radical (unpaired) electrons. The summed E-state index contributed by atoms with van der Waals surface area (Å²) in [6, 6.07) is 20.0. The summed E-state index contributed by atoms with van der Waals surface area (Å²) in [4.78, 5) is 37.4. The summed E-state index contributed by atoms with van der Waals surface area (Å²) in [5.41, 5.74) is 14.2. The molecule has 0 saturated heterocycles. The maximum Gasteiger partial charge on any atom is 0.340 e. The lowest BCUT2D eigenvalue weighted by atomic mass is 9.77. The molecule has 17 nitrogen and oxygen atoms in total. The number of fused-ring (bicyclic) bond motifs is 7. The molecule has 3 heterocycles. The van der Waals surface area contributed by atoms with Crippen LogP contribution in [0.5, 0.6) is 34.5 Å². The molecule has 10 N–H and O–H groups in total. The van der Waals surface area contributed by atoms with Crippen molar-refractivity contribution in [3.8, 4) is 34.5 Å². The Morgan fingerprint density at radius 1 is 0.871 bits per heavy atom. The van der Waals surface area contributed by atoms with E-state index in [4.69, 9.17) is 42.6 Å². The first-order valence-corrected chi connectivity index (χ1v) is 24.6. The molecule has 7 rings (SSSR count). The molecule has 0 aromatic heterocycles. The Bertz CT molecular complexity index is 2520. The Balaban J connectivity index is 0.851. The van der Waals surface area contributed by atoms with Crippen molar-refractivity contribution >= 4 is 46.9 Å². The van der Waals surface area contributed by atoms with Crippen molar-refractivity contribution < 1.29 is 38.7 Å². The predicted molar refractivity (Wildman–Crippen MR) is 275 cm³/mol. The number of phenolic OH excluding ortho intramolecular Hbond substituents is 2. The number of anilines is 1. The summed E-state index contributed by atoms with van der Waals surface area (Å²) >= 11 is 5.60. The molecular weight excluding hydrogens is 911 g/mol. The van der Waals surface area contributed by atoms with E-state index in [0.29, 0.717) is 108 Å². The van der Waals surface area contributed by atoms with Crippen LogP contribution in [0.15, 0.2) is 94.9 Å². The number of nitrogens with one attached hydrogen (secondary N) is 4. The van der Waals surface area contributed by atoms with Crippen molar-refractivity contribution in [2.24, 2.45) is 21.5 Å². The van der Waals surface area contributed by atoms with Crippen molar-refractivity contribution in [2.45, 2.75) is 89.7 Å². The third kappa shape index (κ3) is 13.3. The molecule has 4 aromatic rings. The highest BCUT2D eigenvalue weighted by molar-refractivity contribution is 7.80. The number of nitrogens with two attached hydrogens (primary N) is 2. The number of unbranched alkanes of at least 4 members (excludes halogenated alkanes) is 5. The SMILES string of the molecule is C/C=C/CN=C(N)NCCCCCCCCN1CCCCCCOc2cc(OCCCNC(=S)Nc3ccc4c(c3)C(=O)OC43c4ccc(O)cc4Oc4cc(O)ccc43)ccc2CN=C(N)NC1=O. The fourth-order valence-electron chi connectivity index (χ4n) is 8.63. The van der Waals surface area contributed by atoms with Gasteiger partial charge in [0, 0.05) is 72.3 Å². The van der Waals surface area contributed by atoms with Gasteiger partial charge in [0.25, 0.3) is 0 Å². The van der Waals surface area contributed by atoms with Gasteiger partial charge in [-0.25, -0.2) is 19.6 Å². The number of guanidine groups is 2. The van der Waals surface area contributed by atoms with E-state index in [2.05, 4.69) is 31.3 Å². The average Bonchev–Trinajstić information content (AvgIpc) is 3.62. The van der Waals surface area contributed by atoms with Crippen molar-refractivity contribution in [1.29, 1.82) is 0 Å². The molecule has 4 aromatic carbocycles. The summed E-state index contributed by atoms with van der Waals surface area (Å²) in [6.07, 6.45) is 14.6. The van der Waals surface area contributed by atoms with E-state index in [9.17, 15) is 19.8 Å². The summed E-state index contributed by atoms with van der Waals surface area (Å²) in [7, 11) is 0. The van der Waals surface area contributed by atoms with Gasteiger partial charge in [-0.3, -0.25) is 5.32 Å². The molecular formula is C52H65N9O8S. The first kappa shape index (κ1) is 50.7. The average molecular weight is 976 g/mol. The van der Waals surface area contributed by atoms with Crippen LogP contribution in [0.3, 0.4) is 0 Å². The molecule has 0 bridgehead atoms. The largest absolute Gasteiger partial charge is 0.508 e. The highest BCUT2D eigenvalue weighted by Gasteiger charge is 2.53. The predicted octanol–water partition coefficient (Wildman–Crippen LogP) is 8.02. The summed E-state index contributed by atoms with van der Waals surface area (Å²) in [5.74, 6) is 1.89. The number of benzene rings is 4. The van der Waals surface area contributed by atoms with Gasteiger partial charge in [-0.1, -0.05) is 56.7 Å². The van der Waals surface area contributed by atoms with E-state index >= 15 is 0 Å². The van der Waals surface area contributed by atoms with E-state index in [1.807, 2.05) is 54.3 Å². The lowest BCUT2D eigenvalue weighted by Gasteiger charge is -2.36. The van der Waals surface area contributed by atoms with Gasteiger partial charge >= 0.3 is 12.0 Å². The Morgan fingerprint density at radius 2 is 1.59 bits per heavy atom. The number of nitrogens with zero attached hydrogens (tertiary/aromatic N) is 3. The Kier molecular flexibility index (Phi) is 18.0. The smallest absolute Gasteiger partial charge is 0.340 e. The van der Waals surface area contributed by atoms with Crippen LogP contribution in [-0.2, 0) is 16.9 Å². The van der Waals surface area contributed by atoms with E-state index in [0.717, 1.165) is 76.3 Å². The van der Waals surface area contributed by atoms with Crippen LogP contribution in [0.25, 0.3) is 0 Å². The minimum atomic E-state index is -1.35. The van der Waals surface area contributed by atoms with E-state index < -0.39 is 11.6 Å². The zero-order valence-corrected chi connectivity index (χ0v) is 40.6. The van der Waals surface area contributed by atoms with Crippen LogP contribution in [0.4, 0.5) is 10.5 Å². The number of ether oxygens (including phenoxy) is 4. The number of aliphatic imine (C=N–C) groups is 2. The lowest BCUT2D eigenvalue weighted by molar-refractivity contribution is 0.0224. The highest BCUT2D eigenvalue weighted by atomic mass is 32.1. The number of phenols is 2. The maximum absolute atomic E-state index is 13.5. The van der Waals surface area contributed by atoms with Crippen LogP contribution in [0.2, 0.25) is 0 Å². The molecule has 372 valence electrons. The number of amides is 2. The Hall–Kier alpha value is -7.21. The number of hydrogen-bond acceptors (Lipinski definition) is 12. The van der Waals surface area contributed by atoms with E-state index in [-0.39, 0.29) is 30.0 Å². The number of hydrogen-bond donors (Lipinski definition) is 8. The van der Waals surface area contributed by atoms with Crippen LogP contribution in [-0.4, -0.2) is 90.1 Å². The normalized spacial score (nSPS) is 15.6. The molecule has 0 atom stereocenters. The molecule has 70 heavy (non-hydrogen) atoms. The van der Waals surface area contributed by atoms with Gasteiger partial charge in [0.15, 0.2) is 22.6 Å². The van der Waals surface area contributed by atoms with Crippen LogP contribution in [0.1, 0.15) is 110 Å². The molecule has 1 spiro atoms. The first-order chi connectivity index (χ1) is 34.0. The second kappa shape index (κ2) is 24.9. The minimum absolute atomic E-state index is 0.0157. The second-order valence-electron chi connectivity index (χ2n) is 17.4. The number of aromatic hydroxyl groups is 2. The molecule has 18 heteroatoms. The summed E-state index contributed by atoms with van der Waals surface area (Å²) in [6.45, 7) is 6.35. The monoisotopic (exact) mass is 975 g/mol. The van der Waals surface area contributed by atoms with Crippen molar-refractivity contribution in [1.82, 2.24) is 20.9 Å². The molecule has 0 unspecified atom stereocenters. The van der Waals surface area contributed by atoms with Gasteiger partial charge in [0.2, 0.25) is 0 Å². The second-order valence-corrected chi connectivity index (χ2v) is 17.8. The molecule has 0 fully saturated rings. The van der Waals surface area contributed by atoms with Gasteiger partial charge in [-0.2, -0.15) is 0 Å². The van der Waals surface area contributed by atoms with Crippen molar-refractivity contribution in [3.05, 3.63) is 113 Å². The van der Waals surface area contributed by atoms with Crippen molar-refractivity contribution in [2.75, 3.05) is 51.3 Å². The zero-order chi connectivity index (χ0) is 49.3. The third-order valence-corrected chi connectivity index (χ3v) is 12.5. The number of allylic oxidation sites excluding steroid dienone is 1. The molecule has 0 aliphatic carbocycles. The van der Waals surface area contributed by atoms with Gasteiger partial charge < -0.3 is 61.5 Å². The summed E-state index contributed by atoms with van der Waals surface area (Å²) < 4.78 is 24.6. The van der Waals surface area contributed by atoms with Crippen LogP contribution >= 0.6 is 12.2 Å². The highest BCUT2D eigenvalue weighted by Crippen LogP contribution is 2.57. The van der Waals surface area contributed by atoms with Crippen LogP contribution < -0.4 is 46.9 Å². The first-order valence-electron chi connectivity index (χ1n) is 24.2. The molecule has 3 aliphatic rings. The molecule has 3 aliphatic heterocycles. The van der Waals surface area contributed by atoms with Gasteiger partial charge in [-0.15, -0.1) is 0 Å². The molecule has 2 amide bonds. The maximum atomic E-state index is 13.5. The number of esters is 1. The zero-order valence-electron chi connectivity index (χ0n) is 39.8. The number of urea groups is 1. The number of carbonyl (C=O) groups excluding carboxylic acids is 2. The Morgan fingerprint density at radius 3 is 2.36 bits per heavy atom. The quantitative estimate of drug-likeness (QED) is 0.0125. The number of thiocarbonyl (C=S) groups is 1. The standard InChI is InChI=1S/C52H65N9O8S/c1-2-3-23-55-48(53)56-24-10-6-4-5-7-11-26-61-27-12-8-9-13-28-67-44-33-39(19-15-35(44)34-58-49(54)60-51(61)65)66-29-14-25-57-50(70)59-36-16-20-41-40(30-36)47(64)69-52(41)42-21-17-37(62)31-45(42)68-46-32-38(63)18-22-43(46)52/h2-3,15-22,30-33,62-63H,4-14,23-29,34H2,1H3,(H3,53,55,56)(H2,57,59,70)(H3,54,58,60,65)/b3-2+. The Labute approximate surface area is 414 Å². The van der Waals surface area contributed by atoms with Crippen LogP contribution in [0, 0.1) is 0 Å². The minimum Gasteiger partial charge on any atom is -0.508 e. The van der Waals surface area contributed by atoms with E-state index in [1.165, 1.54) is 24.3 Å². The lowest BCUT2D eigenvalue weighted by Crippen LogP contribution is -2.46. The topological polar surface area (TPSA) is 240 Å². The fraction of sp³-hybridized carbons (Fsp3) is 0.404.